The van der Waals surface area contributed by atoms with E-state index in [0.717, 1.165) is 22.0 Å². The number of carbonyl (C=O) groups is 1. The van der Waals surface area contributed by atoms with Crippen molar-refractivity contribution in [1.29, 1.82) is 0 Å². The van der Waals surface area contributed by atoms with E-state index in [4.69, 9.17) is 9.47 Å². The van der Waals surface area contributed by atoms with Gasteiger partial charge in [0.15, 0.2) is 11.5 Å². The van der Waals surface area contributed by atoms with Crippen LogP contribution in [0.5, 0.6) is 11.5 Å². The minimum atomic E-state index is -0.138. The van der Waals surface area contributed by atoms with Gasteiger partial charge >= 0.3 is 0 Å². The zero-order valence-electron chi connectivity index (χ0n) is 15.4. The molecule has 0 aliphatic carbocycles. The third-order valence-electron chi connectivity index (χ3n) is 4.22. The molecular weight excluding hydrogens is 392 g/mol. The minimum absolute atomic E-state index is 0.138. The first-order valence-corrected chi connectivity index (χ1v) is 10.9. The number of amides is 1. The first-order valence-electron chi connectivity index (χ1n) is 9.03. The van der Waals surface area contributed by atoms with E-state index in [1.165, 1.54) is 0 Å². The highest BCUT2D eigenvalue weighted by Crippen LogP contribution is 2.33. The number of hydrogen-bond acceptors (Lipinski definition) is 6. The highest BCUT2D eigenvalue weighted by molar-refractivity contribution is 8.00. The molecule has 3 aromatic rings. The number of ether oxygens (including phenoxy) is 2. The van der Waals surface area contributed by atoms with Crippen LogP contribution in [-0.4, -0.2) is 24.1 Å². The molecule has 0 radical (unpaired) electrons. The van der Waals surface area contributed by atoms with Crippen LogP contribution in [0, 0.1) is 6.92 Å². The topological polar surface area (TPSA) is 60.5 Å². The average Bonchev–Trinajstić information content (AvgIpc) is 2.98. The van der Waals surface area contributed by atoms with Gasteiger partial charge in [-0.1, -0.05) is 30.0 Å². The summed E-state index contributed by atoms with van der Waals surface area (Å²) in [5.74, 6) is 1.93. The fourth-order valence-electron chi connectivity index (χ4n) is 2.85. The maximum absolute atomic E-state index is 12.9. The van der Waals surface area contributed by atoms with Crippen LogP contribution in [0.4, 0.5) is 5.69 Å². The van der Waals surface area contributed by atoms with Crippen LogP contribution >= 0.6 is 23.1 Å². The van der Waals surface area contributed by atoms with Gasteiger partial charge in [-0.05, 0) is 30.7 Å². The summed E-state index contributed by atoms with van der Waals surface area (Å²) in [5.41, 5.74) is 3.35. The van der Waals surface area contributed by atoms with E-state index in [1.807, 2.05) is 54.8 Å². The summed E-state index contributed by atoms with van der Waals surface area (Å²) in [5, 5.41) is 5.01. The Kier molecular flexibility index (Phi) is 5.83. The second-order valence-electron chi connectivity index (χ2n) is 6.37. The van der Waals surface area contributed by atoms with Gasteiger partial charge in [-0.3, -0.25) is 4.79 Å². The van der Waals surface area contributed by atoms with Crippen LogP contribution in [0.2, 0.25) is 0 Å². The molecule has 0 fully saturated rings. The zero-order chi connectivity index (χ0) is 19.3. The lowest BCUT2D eigenvalue weighted by atomic mass is 10.1. The Morgan fingerprint density at radius 2 is 2.00 bits per heavy atom. The van der Waals surface area contributed by atoms with Crippen LogP contribution in [0.25, 0.3) is 0 Å². The Morgan fingerprint density at radius 1 is 1.18 bits per heavy atom. The molecule has 1 aliphatic rings. The van der Waals surface area contributed by atoms with Crippen molar-refractivity contribution in [3.05, 3.63) is 64.7 Å². The number of fused-ring (bicyclic) bond motifs is 1. The van der Waals surface area contributed by atoms with Crippen LogP contribution in [0.15, 0.2) is 52.2 Å². The van der Waals surface area contributed by atoms with Gasteiger partial charge < -0.3 is 14.8 Å². The molecule has 1 aromatic heterocycles. The summed E-state index contributed by atoms with van der Waals surface area (Å²) >= 11 is 3.27. The molecule has 0 spiro atoms. The first kappa shape index (κ1) is 18.8. The van der Waals surface area contributed by atoms with E-state index in [2.05, 4.69) is 10.3 Å². The van der Waals surface area contributed by atoms with E-state index in [-0.39, 0.29) is 5.91 Å². The third kappa shape index (κ3) is 4.48. The van der Waals surface area contributed by atoms with E-state index in [9.17, 15) is 4.79 Å². The fourth-order valence-corrected chi connectivity index (χ4v) is 4.70. The normalized spacial score (nSPS) is 13.0. The molecule has 1 amide bonds. The van der Waals surface area contributed by atoms with Crippen molar-refractivity contribution in [3.8, 4) is 11.5 Å². The molecule has 28 heavy (non-hydrogen) atoms. The number of nitrogens with zero attached hydrogens (tertiary/aromatic N) is 1. The van der Waals surface area contributed by atoms with Crippen LogP contribution in [0.3, 0.4) is 0 Å². The summed E-state index contributed by atoms with van der Waals surface area (Å²) < 4.78 is 12.4. The molecule has 0 saturated heterocycles. The number of thioether (sulfide) groups is 1. The number of benzene rings is 2. The quantitative estimate of drug-likeness (QED) is 0.587. The monoisotopic (exact) mass is 412 g/mol. The third-order valence-corrected chi connectivity index (χ3v) is 6.40. The van der Waals surface area contributed by atoms with Crippen molar-refractivity contribution in [2.24, 2.45) is 0 Å². The van der Waals surface area contributed by atoms with Crippen LogP contribution < -0.4 is 14.8 Å². The van der Waals surface area contributed by atoms with Gasteiger partial charge in [-0.2, -0.15) is 0 Å². The number of nitrogens with one attached hydrogen (secondary N) is 1. The van der Waals surface area contributed by atoms with Crippen molar-refractivity contribution in [3.63, 3.8) is 0 Å². The van der Waals surface area contributed by atoms with Crippen molar-refractivity contribution in [2.45, 2.75) is 23.4 Å². The molecule has 1 N–H and O–H groups in total. The SMILES string of the molecule is Cc1csc(SCc2ccccc2C(=O)Nc2ccc3c(c2)OCCCO3)n1. The van der Waals surface area contributed by atoms with Gasteiger partial charge in [0.25, 0.3) is 5.91 Å². The Bertz CT molecular complexity index is 987. The second kappa shape index (κ2) is 8.67. The van der Waals surface area contributed by atoms with Crippen molar-refractivity contribution < 1.29 is 14.3 Å². The van der Waals surface area contributed by atoms with Gasteiger partial charge in [0.05, 0.1) is 13.2 Å². The minimum Gasteiger partial charge on any atom is -0.490 e. The molecule has 0 bridgehead atoms. The maximum atomic E-state index is 12.9. The molecule has 1 aliphatic heterocycles. The number of rotatable bonds is 5. The van der Waals surface area contributed by atoms with Gasteiger partial charge in [0.2, 0.25) is 0 Å². The average molecular weight is 413 g/mol. The number of anilines is 1. The summed E-state index contributed by atoms with van der Waals surface area (Å²) in [6.07, 6.45) is 0.847. The van der Waals surface area contributed by atoms with Gasteiger partial charge in [-0.25, -0.2) is 4.98 Å². The fraction of sp³-hybridized carbons (Fsp3) is 0.238. The highest BCUT2D eigenvalue weighted by atomic mass is 32.2. The highest BCUT2D eigenvalue weighted by Gasteiger charge is 2.15. The first-order chi connectivity index (χ1) is 13.7. The van der Waals surface area contributed by atoms with Crippen molar-refractivity contribution in [2.75, 3.05) is 18.5 Å². The molecule has 2 heterocycles. The molecule has 0 unspecified atom stereocenters. The van der Waals surface area contributed by atoms with Gasteiger partial charge in [0.1, 0.15) is 4.34 Å². The predicted octanol–water partition coefficient (Wildman–Crippen LogP) is 5.16. The van der Waals surface area contributed by atoms with Crippen molar-refractivity contribution in [1.82, 2.24) is 4.98 Å². The summed E-state index contributed by atoms with van der Waals surface area (Å²) in [6.45, 7) is 3.24. The van der Waals surface area contributed by atoms with E-state index in [1.54, 1.807) is 23.1 Å². The maximum Gasteiger partial charge on any atom is 0.255 e. The molecule has 4 rings (SSSR count). The van der Waals surface area contributed by atoms with E-state index < -0.39 is 0 Å². The van der Waals surface area contributed by atoms with E-state index >= 15 is 0 Å². The molecule has 2 aromatic carbocycles. The Labute approximate surface area is 172 Å². The molecule has 5 nitrogen and oxygen atoms in total. The summed E-state index contributed by atoms with van der Waals surface area (Å²) in [7, 11) is 0. The van der Waals surface area contributed by atoms with Crippen LogP contribution in [0.1, 0.15) is 28.0 Å². The summed E-state index contributed by atoms with van der Waals surface area (Å²) in [6, 6.07) is 13.1. The van der Waals surface area contributed by atoms with Gasteiger partial charge in [-0.15, -0.1) is 11.3 Å². The molecule has 0 saturated carbocycles. The lowest BCUT2D eigenvalue weighted by Gasteiger charge is -2.12. The lowest BCUT2D eigenvalue weighted by molar-refractivity contribution is 0.102. The van der Waals surface area contributed by atoms with Crippen molar-refractivity contribution >= 4 is 34.7 Å². The Morgan fingerprint density at radius 3 is 2.82 bits per heavy atom. The Hall–Kier alpha value is -2.51. The second-order valence-corrected chi connectivity index (χ2v) is 8.45. The van der Waals surface area contributed by atoms with E-state index in [0.29, 0.717) is 41.7 Å². The molecule has 7 heteroatoms. The summed E-state index contributed by atoms with van der Waals surface area (Å²) in [4.78, 5) is 17.4. The number of aromatic nitrogens is 1. The number of thiazole rings is 1. The Balaban J connectivity index is 1.48. The predicted molar refractivity (Wildman–Crippen MR) is 113 cm³/mol. The number of carbonyl (C=O) groups excluding carboxylic acids is 1. The smallest absolute Gasteiger partial charge is 0.255 e. The lowest BCUT2D eigenvalue weighted by Crippen LogP contribution is -2.14. The zero-order valence-corrected chi connectivity index (χ0v) is 17.1. The number of hydrogen-bond donors (Lipinski definition) is 1. The largest absolute Gasteiger partial charge is 0.490 e. The molecule has 0 atom stereocenters. The van der Waals surface area contributed by atoms with Gasteiger partial charge in [0, 0.05) is 40.6 Å². The van der Waals surface area contributed by atoms with Crippen LogP contribution in [-0.2, 0) is 5.75 Å². The molecular formula is C21H20N2O3S2. The number of aryl methyl sites for hydroxylation is 1. The standard InChI is InChI=1S/C21H20N2O3S2/c1-14-12-27-21(22-14)28-13-15-5-2-3-6-17(15)20(24)23-16-7-8-18-19(11-16)26-10-4-9-25-18/h2-3,5-8,11-12H,4,9-10,13H2,1H3,(H,23,24). The molecule has 144 valence electrons.